The Bertz CT molecular complexity index is 369. The van der Waals surface area contributed by atoms with Crippen LogP contribution in [-0.2, 0) is 0 Å². The molecule has 0 bridgehead atoms. The molecule has 1 aliphatic rings. The van der Waals surface area contributed by atoms with Crippen molar-refractivity contribution >= 4 is 5.84 Å². The van der Waals surface area contributed by atoms with Crippen molar-refractivity contribution in [3.63, 3.8) is 0 Å². The predicted octanol–water partition coefficient (Wildman–Crippen LogP) is 2.51. The third-order valence-electron chi connectivity index (χ3n) is 2.98. The first kappa shape index (κ1) is 10.2. The Morgan fingerprint density at radius 3 is 2.93 bits per heavy atom. The van der Waals surface area contributed by atoms with Crippen molar-refractivity contribution in [3.05, 3.63) is 35.4 Å². The quantitative estimate of drug-likeness (QED) is 0.783. The molecule has 2 rings (SSSR count). The van der Waals surface area contributed by atoms with Crippen LogP contribution in [0.4, 0.5) is 0 Å². The summed E-state index contributed by atoms with van der Waals surface area (Å²) in [5.74, 6) is 1.08. The molecule has 2 heteroatoms. The van der Waals surface area contributed by atoms with E-state index in [-0.39, 0.29) is 0 Å². The third-order valence-corrected chi connectivity index (χ3v) is 2.98. The lowest BCUT2D eigenvalue weighted by atomic mass is 10.0. The van der Waals surface area contributed by atoms with Gasteiger partial charge in [-0.2, -0.15) is 0 Å². The second-order valence-corrected chi connectivity index (χ2v) is 4.08. The summed E-state index contributed by atoms with van der Waals surface area (Å²) in [6.45, 7) is 5.31. The lowest BCUT2D eigenvalue weighted by Gasteiger charge is -2.24. The van der Waals surface area contributed by atoms with Gasteiger partial charge in [-0.3, -0.25) is 4.99 Å². The molecule has 15 heavy (non-hydrogen) atoms. The van der Waals surface area contributed by atoms with E-state index in [1.165, 1.54) is 17.5 Å². The van der Waals surface area contributed by atoms with Crippen LogP contribution in [0.3, 0.4) is 0 Å². The molecule has 1 aromatic rings. The largest absolute Gasteiger partial charge is 0.367 e. The normalized spacial score (nSPS) is 20.7. The fraction of sp³-hybridized carbons (Fsp3) is 0.462. The molecule has 80 valence electrons. The van der Waals surface area contributed by atoms with Gasteiger partial charge in [0.25, 0.3) is 0 Å². The number of benzene rings is 1. The van der Waals surface area contributed by atoms with Crippen LogP contribution < -0.4 is 5.32 Å². The summed E-state index contributed by atoms with van der Waals surface area (Å²) in [5.41, 5.74) is 2.54. The first-order valence-corrected chi connectivity index (χ1v) is 5.68. The number of nitrogens with zero attached hydrogens (tertiary/aromatic N) is 1. The molecule has 1 aliphatic heterocycles. The summed E-state index contributed by atoms with van der Waals surface area (Å²) in [6.07, 6.45) is 2.33. The fourth-order valence-corrected chi connectivity index (χ4v) is 1.95. The van der Waals surface area contributed by atoms with Crippen LogP contribution in [0.1, 0.15) is 30.9 Å². The van der Waals surface area contributed by atoms with Crippen LogP contribution in [0.5, 0.6) is 0 Å². The number of hydrogen-bond donors (Lipinski definition) is 1. The molecule has 2 nitrogen and oxygen atoms in total. The first-order valence-electron chi connectivity index (χ1n) is 5.68. The smallest absolute Gasteiger partial charge is 0.128 e. The minimum absolute atomic E-state index is 0.595. The van der Waals surface area contributed by atoms with Gasteiger partial charge >= 0.3 is 0 Å². The molecule has 0 fully saturated rings. The maximum absolute atomic E-state index is 4.56. The van der Waals surface area contributed by atoms with Crippen LogP contribution in [-0.4, -0.2) is 18.4 Å². The number of aliphatic imine (C=N–C) groups is 1. The minimum atomic E-state index is 0.595. The molecule has 0 radical (unpaired) electrons. The summed E-state index contributed by atoms with van der Waals surface area (Å²) < 4.78 is 0. The van der Waals surface area contributed by atoms with E-state index in [0.29, 0.717) is 6.04 Å². The summed E-state index contributed by atoms with van der Waals surface area (Å²) in [4.78, 5) is 4.56. The Kier molecular flexibility index (Phi) is 3.05. The molecule has 0 saturated heterocycles. The highest BCUT2D eigenvalue weighted by molar-refractivity contribution is 6.00. The summed E-state index contributed by atoms with van der Waals surface area (Å²) in [7, 11) is 0. The molecule has 1 atom stereocenters. The van der Waals surface area contributed by atoms with Crippen molar-refractivity contribution in [2.45, 2.75) is 32.7 Å². The van der Waals surface area contributed by atoms with Gasteiger partial charge in [-0.05, 0) is 25.3 Å². The van der Waals surface area contributed by atoms with Crippen LogP contribution in [0, 0.1) is 6.92 Å². The van der Waals surface area contributed by atoms with Gasteiger partial charge in [0.05, 0.1) is 0 Å². The lowest BCUT2D eigenvalue weighted by Crippen LogP contribution is -2.39. The molecule has 0 spiro atoms. The number of rotatable bonds is 2. The second kappa shape index (κ2) is 4.47. The van der Waals surface area contributed by atoms with Crippen molar-refractivity contribution in [2.75, 3.05) is 6.54 Å². The number of amidine groups is 1. The Morgan fingerprint density at radius 1 is 1.40 bits per heavy atom. The van der Waals surface area contributed by atoms with Gasteiger partial charge in [-0.25, -0.2) is 0 Å². The second-order valence-electron chi connectivity index (χ2n) is 4.08. The topological polar surface area (TPSA) is 24.4 Å². The minimum Gasteiger partial charge on any atom is -0.367 e. The zero-order valence-corrected chi connectivity index (χ0v) is 9.46. The average Bonchev–Trinajstić information content (AvgIpc) is 2.30. The monoisotopic (exact) mass is 202 g/mol. The van der Waals surface area contributed by atoms with Gasteiger partial charge in [0, 0.05) is 18.2 Å². The van der Waals surface area contributed by atoms with Gasteiger partial charge in [-0.15, -0.1) is 0 Å². The summed E-state index contributed by atoms with van der Waals surface area (Å²) in [5, 5.41) is 3.51. The Balaban J connectivity index is 2.24. The van der Waals surface area contributed by atoms with E-state index in [1.807, 2.05) is 0 Å². The van der Waals surface area contributed by atoms with Crippen LogP contribution in [0.15, 0.2) is 29.3 Å². The SMILES string of the molecule is CC[C@H]1CCN=C(c2ccccc2C)N1. The molecule has 0 unspecified atom stereocenters. The maximum Gasteiger partial charge on any atom is 0.128 e. The summed E-state index contributed by atoms with van der Waals surface area (Å²) in [6, 6.07) is 9.01. The fourth-order valence-electron chi connectivity index (χ4n) is 1.95. The lowest BCUT2D eigenvalue weighted by molar-refractivity contribution is 0.530. The van der Waals surface area contributed by atoms with E-state index < -0.39 is 0 Å². The van der Waals surface area contributed by atoms with Gasteiger partial charge in [0.15, 0.2) is 0 Å². The van der Waals surface area contributed by atoms with Gasteiger partial charge in [-0.1, -0.05) is 31.2 Å². The van der Waals surface area contributed by atoms with E-state index in [4.69, 9.17) is 0 Å². The Hall–Kier alpha value is -1.31. The molecular formula is C13H18N2. The van der Waals surface area contributed by atoms with E-state index in [1.54, 1.807) is 0 Å². The van der Waals surface area contributed by atoms with E-state index in [0.717, 1.165) is 18.8 Å². The van der Waals surface area contributed by atoms with E-state index in [2.05, 4.69) is 48.4 Å². The zero-order chi connectivity index (χ0) is 10.7. The standard InChI is InChI=1S/C13H18N2/c1-3-11-8-9-14-13(15-11)12-7-5-4-6-10(12)2/h4-7,11H,3,8-9H2,1-2H3,(H,14,15)/t11-/m0/s1. The molecule has 0 aromatic heterocycles. The number of aryl methyl sites for hydroxylation is 1. The van der Waals surface area contributed by atoms with E-state index in [9.17, 15) is 0 Å². The molecule has 0 aliphatic carbocycles. The molecule has 0 amide bonds. The highest BCUT2D eigenvalue weighted by Gasteiger charge is 2.15. The highest BCUT2D eigenvalue weighted by Crippen LogP contribution is 2.12. The van der Waals surface area contributed by atoms with Gasteiger partial charge in [0.2, 0.25) is 0 Å². The third kappa shape index (κ3) is 2.20. The van der Waals surface area contributed by atoms with Gasteiger partial charge < -0.3 is 5.32 Å². The van der Waals surface area contributed by atoms with E-state index >= 15 is 0 Å². The first-order chi connectivity index (χ1) is 7.31. The van der Waals surface area contributed by atoms with Gasteiger partial charge in [0.1, 0.15) is 5.84 Å². The number of nitrogens with one attached hydrogen (secondary N) is 1. The van der Waals surface area contributed by atoms with Crippen molar-refractivity contribution in [1.82, 2.24) is 5.32 Å². The van der Waals surface area contributed by atoms with Crippen molar-refractivity contribution in [3.8, 4) is 0 Å². The molecule has 1 heterocycles. The molecule has 1 aromatic carbocycles. The predicted molar refractivity (Wildman–Crippen MR) is 64.4 cm³/mol. The highest BCUT2D eigenvalue weighted by atomic mass is 15.0. The zero-order valence-electron chi connectivity index (χ0n) is 9.46. The van der Waals surface area contributed by atoms with Crippen molar-refractivity contribution in [2.24, 2.45) is 4.99 Å². The molecule has 1 N–H and O–H groups in total. The van der Waals surface area contributed by atoms with Crippen molar-refractivity contribution < 1.29 is 0 Å². The Labute approximate surface area is 91.4 Å². The molecule has 0 saturated carbocycles. The Morgan fingerprint density at radius 2 is 2.20 bits per heavy atom. The van der Waals surface area contributed by atoms with Crippen LogP contribution in [0.25, 0.3) is 0 Å². The average molecular weight is 202 g/mol. The molecular weight excluding hydrogens is 184 g/mol. The summed E-state index contributed by atoms with van der Waals surface area (Å²) >= 11 is 0. The van der Waals surface area contributed by atoms with Crippen LogP contribution >= 0.6 is 0 Å². The maximum atomic E-state index is 4.56. The number of hydrogen-bond acceptors (Lipinski definition) is 2. The van der Waals surface area contributed by atoms with Crippen LogP contribution in [0.2, 0.25) is 0 Å². The van der Waals surface area contributed by atoms with Crippen molar-refractivity contribution in [1.29, 1.82) is 0 Å².